The summed E-state index contributed by atoms with van der Waals surface area (Å²) in [5, 5.41) is 27.7. The molecule has 0 spiro atoms. The van der Waals surface area contributed by atoms with Gasteiger partial charge in [0.05, 0.1) is 12.1 Å². The lowest BCUT2D eigenvalue weighted by Gasteiger charge is -2.18. The summed E-state index contributed by atoms with van der Waals surface area (Å²) in [4.78, 5) is 104. The quantitative estimate of drug-likeness (QED) is 0.0723. The summed E-state index contributed by atoms with van der Waals surface area (Å²) in [7, 11) is 0. The van der Waals surface area contributed by atoms with E-state index in [0.29, 0.717) is 12.6 Å². The monoisotopic (exact) mass is 571 g/mol. The van der Waals surface area contributed by atoms with Crippen LogP contribution in [0, 0.1) is 5.92 Å². The van der Waals surface area contributed by atoms with Crippen LogP contribution in [0.4, 0.5) is 0 Å². The Morgan fingerprint density at radius 1 is 0.625 bits per heavy atom. The number of aldehydes is 2. The summed E-state index contributed by atoms with van der Waals surface area (Å²) in [5.41, 5.74) is 4.97. The molecule has 0 heterocycles. The van der Waals surface area contributed by atoms with Crippen LogP contribution in [-0.4, -0.2) is 88.4 Å². The zero-order valence-corrected chi connectivity index (χ0v) is 22.3. The van der Waals surface area contributed by atoms with Crippen molar-refractivity contribution in [1.29, 1.82) is 0 Å². The molecule has 0 aliphatic heterocycles. The molecular weight excluding hydrogens is 534 g/mol. The number of nitrogens with two attached hydrogens (primary N) is 1. The smallest absolute Gasteiger partial charge is 0.326 e. The Labute approximate surface area is 230 Å². The highest BCUT2D eigenvalue weighted by Crippen LogP contribution is 2.05. The third-order valence-corrected chi connectivity index (χ3v) is 5.50. The first-order chi connectivity index (χ1) is 18.7. The average Bonchev–Trinajstić information content (AvgIpc) is 2.88. The summed E-state index contributed by atoms with van der Waals surface area (Å²) in [6.07, 6.45) is -1.25. The van der Waals surface area contributed by atoms with Gasteiger partial charge in [-0.1, -0.05) is 13.8 Å². The van der Waals surface area contributed by atoms with Crippen LogP contribution in [-0.2, 0) is 43.2 Å². The van der Waals surface area contributed by atoms with Gasteiger partial charge >= 0.3 is 11.9 Å². The minimum atomic E-state index is -1.45. The molecule has 5 amide bonds. The molecule has 0 aromatic heterocycles. The van der Waals surface area contributed by atoms with E-state index in [2.05, 4.69) is 21.3 Å². The van der Waals surface area contributed by atoms with Gasteiger partial charge < -0.3 is 46.8 Å². The first-order valence-corrected chi connectivity index (χ1v) is 12.5. The number of nitrogens with one attached hydrogen (secondary N) is 4. The molecule has 0 saturated heterocycles. The van der Waals surface area contributed by atoms with Gasteiger partial charge in [0.25, 0.3) is 0 Å². The van der Waals surface area contributed by atoms with Crippen LogP contribution in [0.5, 0.6) is 0 Å². The normalized spacial score (nSPS) is 13.6. The van der Waals surface area contributed by atoms with Gasteiger partial charge in [-0.05, 0) is 25.7 Å². The van der Waals surface area contributed by atoms with Crippen LogP contribution in [0.3, 0.4) is 0 Å². The van der Waals surface area contributed by atoms with Gasteiger partial charge in [0.1, 0.15) is 24.7 Å². The molecular formula is C24H37N5O11. The zero-order valence-electron chi connectivity index (χ0n) is 22.3. The van der Waals surface area contributed by atoms with Crippen LogP contribution in [0.15, 0.2) is 0 Å². The number of carbonyl (C=O) groups excluding carboxylic acids is 7. The highest BCUT2D eigenvalue weighted by atomic mass is 16.4. The van der Waals surface area contributed by atoms with Gasteiger partial charge in [-0.2, -0.15) is 0 Å². The van der Waals surface area contributed by atoms with Crippen LogP contribution >= 0.6 is 0 Å². The molecule has 0 radical (unpaired) electrons. The van der Waals surface area contributed by atoms with Crippen molar-refractivity contribution < 1.29 is 53.4 Å². The maximum atomic E-state index is 12.2. The van der Waals surface area contributed by atoms with Crippen molar-refractivity contribution in [3.63, 3.8) is 0 Å². The van der Waals surface area contributed by atoms with Crippen molar-refractivity contribution in [2.45, 2.75) is 89.4 Å². The molecule has 224 valence electrons. The molecule has 4 atom stereocenters. The molecule has 8 N–H and O–H groups in total. The van der Waals surface area contributed by atoms with Gasteiger partial charge in [0.15, 0.2) is 0 Å². The molecule has 0 saturated carbocycles. The molecule has 0 aliphatic carbocycles. The second kappa shape index (κ2) is 18.8. The van der Waals surface area contributed by atoms with Crippen molar-refractivity contribution in [3.05, 3.63) is 0 Å². The molecule has 0 aromatic rings. The Morgan fingerprint density at radius 3 is 1.38 bits per heavy atom. The number of carbonyl (C=O) groups is 9. The molecule has 40 heavy (non-hydrogen) atoms. The maximum absolute atomic E-state index is 12.2. The molecule has 0 aromatic carbocycles. The van der Waals surface area contributed by atoms with E-state index in [0.717, 1.165) is 0 Å². The molecule has 0 rings (SSSR count). The lowest BCUT2D eigenvalue weighted by atomic mass is 10.1. The fraction of sp³-hybridized carbons (Fsp3) is 0.625. The standard InChI is InChI=1S/C24H37N5O11/c1-13(2)22(36)27-15(12-31)4-9-21(35)29-17(24(39)40)6-10-19(33)26-14(11-30)3-8-20(34)28-16(23(37)38)5-7-18(25)32/h11-17H,3-10H2,1-2H3,(H2,25,32)(H,26,33)(H,27,36)(H,28,34)(H,29,35)(H,37,38)(H,39,40)/t14-,15-,16-,17-/m0/s1. The first kappa shape index (κ1) is 35.6. The van der Waals surface area contributed by atoms with E-state index in [1.807, 2.05) is 0 Å². The summed E-state index contributed by atoms with van der Waals surface area (Å²) in [6, 6.07) is -4.88. The van der Waals surface area contributed by atoms with Gasteiger partial charge in [0.2, 0.25) is 29.5 Å². The van der Waals surface area contributed by atoms with E-state index in [9.17, 15) is 48.3 Å². The van der Waals surface area contributed by atoms with Crippen molar-refractivity contribution in [1.82, 2.24) is 21.3 Å². The predicted octanol–water partition coefficient (Wildman–Crippen LogP) is -2.25. The number of rotatable bonds is 21. The number of carboxylic acids is 2. The van der Waals surface area contributed by atoms with Crippen molar-refractivity contribution in [2.75, 3.05) is 0 Å². The van der Waals surface area contributed by atoms with E-state index in [4.69, 9.17) is 10.8 Å². The third-order valence-electron chi connectivity index (χ3n) is 5.50. The highest BCUT2D eigenvalue weighted by molar-refractivity contribution is 5.86. The Morgan fingerprint density at radius 2 is 1.00 bits per heavy atom. The van der Waals surface area contributed by atoms with Crippen LogP contribution in [0.25, 0.3) is 0 Å². The zero-order chi connectivity index (χ0) is 30.8. The largest absolute Gasteiger partial charge is 0.480 e. The number of primary amides is 1. The lowest BCUT2D eigenvalue weighted by molar-refractivity contribution is -0.142. The minimum absolute atomic E-state index is 0.0619. The van der Waals surface area contributed by atoms with E-state index in [1.54, 1.807) is 13.8 Å². The van der Waals surface area contributed by atoms with E-state index in [-0.39, 0.29) is 56.8 Å². The van der Waals surface area contributed by atoms with E-state index >= 15 is 0 Å². The Hall–Kier alpha value is -4.37. The molecule has 0 unspecified atom stereocenters. The SMILES string of the molecule is CC(C)C(=O)N[C@H](C=O)CCC(=O)N[C@@H](CCC(=O)N[C@H](C=O)CCC(=O)N[C@@H](CCC(N)=O)C(=O)O)C(=O)O. The van der Waals surface area contributed by atoms with Gasteiger partial charge in [0, 0.05) is 31.6 Å². The number of hydrogen-bond acceptors (Lipinski definition) is 9. The summed E-state index contributed by atoms with van der Waals surface area (Å²) >= 11 is 0. The average molecular weight is 572 g/mol. The second-order valence-corrected chi connectivity index (χ2v) is 9.25. The fourth-order valence-electron chi connectivity index (χ4n) is 3.16. The number of carboxylic acid groups (broad SMARTS) is 2. The van der Waals surface area contributed by atoms with E-state index < -0.39 is 66.2 Å². The number of hydrogen-bond donors (Lipinski definition) is 7. The topological polar surface area (TPSA) is 268 Å². The Kier molecular flexibility index (Phi) is 16.8. The number of aliphatic carboxylic acids is 2. The molecule has 0 fully saturated rings. The summed E-state index contributed by atoms with van der Waals surface area (Å²) in [6.45, 7) is 3.25. The van der Waals surface area contributed by atoms with Crippen LogP contribution in [0.1, 0.15) is 65.2 Å². The van der Waals surface area contributed by atoms with Crippen molar-refractivity contribution in [3.8, 4) is 0 Å². The van der Waals surface area contributed by atoms with E-state index in [1.165, 1.54) is 0 Å². The van der Waals surface area contributed by atoms with Crippen LogP contribution in [0.2, 0.25) is 0 Å². The Balaban J connectivity index is 4.70. The summed E-state index contributed by atoms with van der Waals surface area (Å²) in [5.74, 6) is -6.50. The third kappa shape index (κ3) is 15.8. The van der Waals surface area contributed by atoms with Gasteiger partial charge in [-0.15, -0.1) is 0 Å². The predicted molar refractivity (Wildman–Crippen MR) is 136 cm³/mol. The van der Waals surface area contributed by atoms with Crippen LogP contribution < -0.4 is 27.0 Å². The molecule has 0 bridgehead atoms. The van der Waals surface area contributed by atoms with Gasteiger partial charge in [-0.3, -0.25) is 24.0 Å². The first-order valence-electron chi connectivity index (χ1n) is 12.5. The minimum Gasteiger partial charge on any atom is -0.480 e. The Bertz CT molecular complexity index is 953. The molecule has 0 aliphatic rings. The number of amides is 5. The highest BCUT2D eigenvalue weighted by Gasteiger charge is 2.24. The van der Waals surface area contributed by atoms with Crippen molar-refractivity contribution in [2.24, 2.45) is 11.7 Å². The summed E-state index contributed by atoms with van der Waals surface area (Å²) < 4.78 is 0. The fourth-order valence-corrected chi connectivity index (χ4v) is 3.16. The van der Waals surface area contributed by atoms with Gasteiger partial charge in [-0.25, -0.2) is 9.59 Å². The second-order valence-electron chi connectivity index (χ2n) is 9.25. The maximum Gasteiger partial charge on any atom is 0.326 e. The van der Waals surface area contributed by atoms with Crippen molar-refractivity contribution >= 4 is 54.0 Å². The molecule has 16 nitrogen and oxygen atoms in total. The molecule has 16 heteroatoms. The lowest BCUT2D eigenvalue weighted by Crippen LogP contribution is -2.44.